The number of carbonyl (C=O) groups is 1. The molecule has 1 aliphatic carbocycles. The van der Waals surface area contributed by atoms with Crippen molar-refractivity contribution in [2.75, 3.05) is 33.3 Å². The molecule has 22 heavy (non-hydrogen) atoms. The summed E-state index contributed by atoms with van der Waals surface area (Å²) in [4.78, 5) is 21.3. The first kappa shape index (κ1) is 15.4. The van der Waals surface area contributed by atoms with Gasteiger partial charge in [0.05, 0.1) is 18.8 Å². The number of rotatable bonds is 5. The number of pyridine rings is 1. The van der Waals surface area contributed by atoms with Crippen molar-refractivity contribution < 1.29 is 9.90 Å². The van der Waals surface area contributed by atoms with E-state index < -0.39 is 0 Å². The van der Waals surface area contributed by atoms with Crippen LogP contribution < -0.4 is 0 Å². The molecular formula is C17H25N3O2. The standard InChI is InChI=1S/C17H25N3O2/c1-19(12-15-4-2-3-7-18-15)17(22)16-13-5-6-14(16)11-20(10-13)8-9-21/h2-4,7,13-14,16,21H,5-6,8-12H2,1H3. The Morgan fingerprint density at radius 2 is 2.09 bits per heavy atom. The number of aliphatic hydroxyl groups excluding tert-OH is 1. The number of carbonyl (C=O) groups excluding carboxylic acids is 1. The van der Waals surface area contributed by atoms with Gasteiger partial charge in [-0.25, -0.2) is 0 Å². The highest BCUT2D eigenvalue weighted by atomic mass is 16.3. The molecule has 2 aliphatic rings. The minimum Gasteiger partial charge on any atom is -0.395 e. The minimum atomic E-state index is 0.156. The zero-order chi connectivity index (χ0) is 15.5. The van der Waals surface area contributed by atoms with Crippen LogP contribution in [0, 0.1) is 17.8 Å². The highest BCUT2D eigenvalue weighted by molar-refractivity contribution is 5.79. The zero-order valence-corrected chi connectivity index (χ0v) is 13.2. The second-order valence-corrected chi connectivity index (χ2v) is 6.62. The molecule has 0 aromatic carbocycles. The Labute approximate surface area is 131 Å². The molecule has 0 radical (unpaired) electrons. The van der Waals surface area contributed by atoms with Gasteiger partial charge in [-0.3, -0.25) is 9.78 Å². The predicted molar refractivity (Wildman–Crippen MR) is 83.9 cm³/mol. The number of hydrogen-bond donors (Lipinski definition) is 1. The maximum absolute atomic E-state index is 12.9. The summed E-state index contributed by atoms with van der Waals surface area (Å²) >= 11 is 0. The molecule has 1 aromatic heterocycles. The van der Waals surface area contributed by atoms with E-state index in [1.165, 1.54) is 0 Å². The van der Waals surface area contributed by atoms with Crippen LogP contribution in [0.4, 0.5) is 0 Å². The van der Waals surface area contributed by atoms with E-state index in [1.807, 2.05) is 30.1 Å². The molecule has 2 heterocycles. The molecule has 1 saturated carbocycles. The fourth-order valence-corrected chi connectivity index (χ4v) is 4.11. The van der Waals surface area contributed by atoms with Crippen molar-refractivity contribution in [3.63, 3.8) is 0 Å². The van der Waals surface area contributed by atoms with Gasteiger partial charge in [0.1, 0.15) is 0 Å². The number of amides is 1. The van der Waals surface area contributed by atoms with Crippen molar-refractivity contribution in [1.29, 1.82) is 0 Å². The normalized spacial score (nSPS) is 27.8. The Kier molecular flexibility index (Phi) is 4.74. The van der Waals surface area contributed by atoms with Crippen molar-refractivity contribution in [2.24, 2.45) is 17.8 Å². The number of nitrogens with zero attached hydrogens (tertiary/aromatic N) is 3. The maximum atomic E-state index is 12.9. The summed E-state index contributed by atoms with van der Waals surface area (Å²) < 4.78 is 0. The molecule has 5 heteroatoms. The molecular weight excluding hydrogens is 278 g/mol. The predicted octanol–water partition coefficient (Wildman–Crippen LogP) is 0.990. The number of fused-ring (bicyclic) bond motifs is 2. The topological polar surface area (TPSA) is 56.7 Å². The van der Waals surface area contributed by atoms with Crippen LogP contribution in [0.3, 0.4) is 0 Å². The van der Waals surface area contributed by atoms with Crippen molar-refractivity contribution in [3.8, 4) is 0 Å². The lowest BCUT2D eigenvalue weighted by atomic mass is 9.84. The first-order chi connectivity index (χ1) is 10.7. The van der Waals surface area contributed by atoms with E-state index in [0.29, 0.717) is 18.4 Å². The van der Waals surface area contributed by atoms with Crippen LogP contribution in [0.2, 0.25) is 0 Å². The molecule has 1 amide bonds. The van der Waals surface area contributed by atoms with E-state index in [4.69, 9.17) is 5.11 Å². The fourth-order valence-electron chi connectivity index (χ4n) is 4.11. The summed E-state index contributed by atoms with van der Waals surface area (Å²) in [5.74, 6) is 1.32. The first-order valence-electron chi connectivity index (χ1n) is 8.17. The van der Waals surface area contributed by atoms with Gasteiger partial charge in [0, 0.05) is 38.8 Å². The fraction of sp³-hybridized carbons (Fsp3) is 0.647. The monoisotopic (exact) mass is 303 g/mol. The van der Waals surface area contributed by atoms with Crippen LogP contribution in [-0.4, -0.2) is 59.1 Å². The molecule has 120 valence electrons. The van der Waals surface area contributed by atoms with Gasteiger partial charge in [-0.1, -0.05) is 6.07 Å². The number of likely N-dealkylation sites (tertiary alicyclic amines) is 1. The molecule has 2 bridgehead atoms. The van der Waals surface area contributed by atoms with E-state index in [2.05, 4.69) is 9.88 Å². The van der Waals surface area contributed by atoms with E-state index in [1.54, 1.807) is 6.20 Å². The van der Waals surface area contributed by atoms with Gasteiger partial charge in [0.15, 0.2) is 0 Å². The first-order valence-corrected chi connectivity index (χ1v) is 8.17. The van der Waals surface area contributed by atoms with Gasteiger partial charge in [-0.2, -0.15) is 0 Å². The lowest BCUT2D eigenvalue weighted by Crippen LogP contribution is -2.48. The van der Waals surface area contributed by atoms with Crippen molar-refractivity contribution in [1.82, 2.24) is 14.8 Å². The van der Waals surface area contributed by atoms with Crippen LogP contribution in [0.15, 0.2) is 24.4 Å². The van der Waals surface area contributed by atoms with Crippen LogP contribution in [0.5, 0.6) is 0 Å². The average Bonchev–Trinajstić information content (AvgIpc) is 2.79. The Morgan fingerprint density at radius 1 is 1.36 bits per heavy atom. The maximum Gasteiger partial charge on any atom is 0.226 e. The highest BCUT2D eigenvalue weighted by Gasteiger charge is 2.46. The highest BCUT2D eigenvalue weighted by Crippen LogP contribution is 2.42. The van der Waals surface area contributed by atoms with Gasteiger partial charge < -0.3 is 14.9 Å². The van der Waals surface area contributed by atoms with Crippen molar-refractivity contribution in [2.45, 2.75) is 19.4 Å². The molecule has 1 aliphatic heterocycles. The van der Waals surface area contributed by atoms with E-state index >= 15 is 0 Å². The van der Waals surface area contributed by atoms with Crippen molar-refractivity contribution in [3.05, 3.63) is 30.1 Å². The Hall–Kier alpha value is -1.46. The number of β-amino-alcohol motifs (C(OH)–C–C–N with tert-alkyl or cyclic N) is 1. The number of aromatic nitrogens is 1. The Balaban J connectivity index is 1.63. The van der Waals surface area contributed by atoms with Crippen LogP contribution in [0.1, 0.15) is 18.5 Å². The summed E-state index contributed by atoms with van der Waals surface area (Å²) in [6.45, 7) is 3.42. The molecule has 2 unspecified atom stereocenters. The van der Waals surface area contributed by atoms with Gasteiger partial charge in [0.25, 0.3) is 0 Å². The van der Waals surface area contributed by atoms with Gasteiger partial charge >= 0.3 is 0 Å². The summed E-state index contributed by atoms with van der Waals surface area (Å²) in [5, 5.41) is 9.12. The minimum absolute atomic E-state index is 0.156. The van der Waals surface area contributed by atoms with Gasteiger partial charge in [0.2, 0.25) is 5.91 Å². The third kappa shape index (κ3) is 3.15. The van der Waals surface area contributed by atoms with E-state index in [9.17, 15) is 4.79 Å². The molecule has 5 nitrogen and oxygen atoms in total. The van der Waals surface area contributed by atoms with Crippen molar-refractivity contribution >= 4 is 5.91 Å². The van der Waals surface area contributed by atoms with Crippen LogP contribution >= 0.6 is 0 Å². The second kappa shape index (κ2) is 6.75. The molecule has 0 spiro atoms. The molecule has 1 saturated heterocycles. The third-order valence-electron chi connectivity index (χ3n) is 5.11. The van der Waals surface area contributed by atoms with Crippen LogP contribution in [0.25, 0.3) is 0 Å². The number of piperidine rings is 1. The third-order valence-corrected chi connectivity index (χ3v) is 5.11. The molecule has 1 aromatic rings. The zero-order valence-electron chi connectivity index (χ0n) is 13.2. The second-order valence-electron chi connectivity index (χ2n) is 6.62. The number of aliphatic hydroxyl groups is 1. The van der Waals surface area contributed by atoms with Gasteiger partial charge in [-0.15, -0.1) is 0 Å². The summed E-state index contributed by atoms with van der Waals surface area (Å²) in [5.41, 5.74) is 0.934. The Bertz CT molecular complexity index is 494. The SMILES string of the molecule is CN(Cc1ccccn1)C(=O)C1C2CCC1CN(CCO)C2. The average molecular weight is 303 g/mol. The Morgan fingerprint density at radius 3 is 2.68 bits per heavy atom. The quantitative estimate of drug-likeness (QED) is 0.881. The molecule has 2 fully saturated rings. The lowest BCUT2D eigenvalue weighted by molar-refractivity contribution is -0.139. The summed E-state index contributed by atoms with van der Waals surface area (Å²) in [6, 6.07) is 5.81. The largest absolute Gasteiger partial charge is 0.395 e. The summed E-state index contributed by atoms with van der Waals surface area (Å²) in [7, 11) is 1.89. The molecule has 3 rings (SSSR count). The smallest absolute Gasteiger partial charge is 0.226 e. The van der Waals surface area contributed by atoms with Gasteiger partial charge in [-0.05, 0) is 36.8 Å². The van der Waals surface area contributed by atoms with E-state index in [0.717, 1.165) is 38.2 Å². The lowest BCUT2D eigenvalue weighted by Gasteiger charge is -2.38. The number of hydrogen-bond acceptors (Lipinski definition) is 4. The van der Waals surface area contributed by atoms with E-state index in [-0.39, 0.29) is 18.4 Å². The molecule has 2 atom stereocenters. The van der Waals surface area contributed by atoms with Crippen LogP contribution in [-0.2, 0) is 11.3 Å². The molecule has 1 N–H and O–H groups in total. The summed E-state index contributed by atoms with van der Waals surface area (Å²) in [6.07, 6.45) is 4.05.